The summed E-state index contributed by atoms with van der Waals surface area (Å²) in [6.07, 6.45) is 10.9. The molecule has 34 heavy (non-hydrogen) atoms. The standard InChI is InChI=1S/C30H47NO3/c1-25(2)21-8-11-30(7)23(28(21,5)10-9-22(25)31)20(32)16-18-19-17-27(4,24(33)34)13-12-26(19,3)14-15-29(18,30)6/h16,19,21-23H,8-15,17,31H2,1-7H3,(H,33,34)/t19-,21-,22?,23+,26+,27-,28-,29+,30+/m0/s1. The van der Waals surface area contributed by atoms with Crippen molar-refractivity contribution >= 4 is 11.8 Å². The van der Waals surface area contributed by atoms with Crippen LogP contribution in [0, 0.1) is 50.2 Å². The van der Waals surface area contributed by atoms with Gasteiger partial charge >= 0.3 is 5.97 Å². The number of fused-ring (bicyclic) bond motifs is 7. The number of hydrogen-bond acceptors (Lipinski definition) is 3. The van der Waals surface area contributed by atoms with E-state index in [1.807, 2.05) is 6.92 Å². The first kappa shape index (κ1) is 24.5. The minimum absolute atomic E-state index is 0.0260. The smallest absolute Gasteiger partial charge is 0.309 e. The Bertz CT molecular complexity index is 968. The van der Waals surface area contributed by atoms with Crippen LogP contribution < -0.4 is 5.73 Å². The van der Waals surface area contributed by atoms with Gasteiger partial charge in [-0.25, -0.2) is 0 Å². The molecule has 4 heteroatoms. The average Bonchev–Trinajstić information content (AvgIpc) is 2.73. The van der Waals surface area contributed by atoms with E-state index in [0.717, 1.165) is 51.4 Å². The van der Waals surface area contributed by atoms with Gasteiger partial charge in [-0.1, -0.05) is 47.1 Å². The van der Waals surface area contributed by atoms with Crippen LogP contribution >= 0.6 is 0 Å². The number of allylic oxidation sites excluding steroid dienone is 2. The summed E-state index contributed by atoms with van der Waals surface area (Å²) in [7, 11) is 0. The molecule has 4 nitrogen and oxygen atoms in total. The van der Waals surface area contributed by atoms with Gasteiger partial charge < -0.3 is 10.8 Å². The van der Waals surface area contributed by atoms with E-state index in [0.29, 0.717) is 18.1 Å². The van der Waals surface area contributed by atoms with E-state index in [1.54, 1.807) is 0 Å². The molecule has 5 aliphatic rings. The highest BCUT2D eigenvalue weighted by Crippen LogP contribution is 2.75. The van der Waals surface area contributed by atoms with E-state index < -0.39 is 11.4 Å². The summed E-state index contributed by atoms with van der Waals surface area (Å²) >= 11 is 0. The van der Waals surface area contributed by atoms with Gasteiger partial charge in [0.05, 0.1) is 5.41 Å². The number of hydrogen-bond donors (Lipinski definition) is 2. The lowest BCUT2D eigenvalue weighted by atomic mass is 9.33. The number of carbonyl (C=O) groups is 2. The summed E-state index contributed by atoms with van der Waals surface area (Å²) in [4.78, 5) is 26.5. The SMILES string of the molecule is CC1(C)C(N)CC[C@]2(C)[C@H]3C(=O)C=C4[C@@H]5C[C@@](C)(C(=O)O)CC[C@]5(C)CC[C@@]4(C)[C@]3(C)CC[C@@H]12. The lowest BCUT2D eigenvalue weighted by Gasteiger charge is -2.70. The van der Waals surface area contributed by atoms with E-state index in [-0.39, 0.29) is 45.0 Å². The summed E-state index contributed by atoms with van der Waals surface area (Å²) in [6, 6.07) is 0.196. The molecule has 190 valence electrons. The number of carboxylic acid groups (broad SMARTS) is 1. The first-order valence-corrected chi connectivity index (χ1v) is 13.8. The molecule has 0 aromatic rings. The Balaban J connectivity index is 1.62. The average molecular weight is 470 g/mol. The molecule has 0 heterocycles. The monoisotopic (exact) mass is 469 g/mol. The Kier molecular flexibility index (Phi) is 5.04. The highest BCUT2D eigenvalue weighted by molar-refractivity contribution is 5.95. The van der Waals surface area contributed by atoms with Crippen molar-refractivity contribution in [1.82, 2.24) is 0 Å². The zero-order chi connectivity index (χ0) is 25.1. The molecule has 4 saturated carbocycles. The highest BCUT2D eigenvalue weighted by Gasteiger charge is 2.70. The Hall–Kier alpha value is -1.16. The van der Waals surface area contributed by atoms with Crippen molar-refractivity contribution in [1.29, 1.82) is 0 Å². The van der Waals surface area contributed by atoms with Crippen molar-refractivity contribution < 1.29 is 14.7 Å². The summed E-state index contributed by atoms with van der Waals surface area (Å²) in [5.74, 6) is 0.313. The third-order valence-electron chi connectivity index (χ3n) is 13.2. The molecule has 0 radical (unpaired) electrons. The Morgan fingerprint density at radius 2 is 1.59 bits per heavy atom. The lowest BCUT2D eigenvalue weighted by Crippen LogP contribution is -2.67. The molecule has 5 rings (SSSR count). The van der Waals surface area contributed by atoms with E-state index in [4.69, 9.17) is 5.73 Å². The van der Waals surface area contributed by atoms with Gasteiger partial charge in [0.1, 0.15) is 0 Å². The molecule has 0 aliphatic heterocycles. The summed E-state index contributed by atoms with van der Waals surface area (Å²) in [5.41, 5.74) is 7.21. The Morgan fingerprint density at radius 3 is 2.24 bits per heavy atom. The second kappa shape index (κ2) is 6.99. The fourth-order valence-corrected chi connectivity index (χ4v) is 10.4. The maximum Gasteiger partial charge on any atom is 0.309 e. The predicted molar refractivity (Wildman–Crippen MR) is 135 cm³/mol. The number of carbonyl (C=O) groups excluding carboxylic acids is 1. The number of nitrogens with two attached hydrogens (primary N) is 1. The van der Waals surface area contributed by atoms with E-state index in [1.165, 1.54) is 5.57 Å². The van der Waals surface area contributed by atoms with Crippen LogP contribution in [0.15, 0.2) is 11.6 Å². The van der Waals surface area contributed by atoms with Crippen LogP contribution in [0.5, 0.6) is 0 Å². The van der Waals surface area contributed by atoms with Gasteiger partial charge in [0, 0.05) is 12.0 Å². The Labute approximate surface area is 206 Å². The number of rotatable bonds is 1. The predicted octanol–water partition coefficient (Wildman–Crippen LogP) is 6.38. The van der Waals surface area contributed by atoms with Crippen LogP contribution in [0.1, 0.15) is 106 Å². The summed E-state index contributed by atoms with van der Waals surface area (Å²) < 4.78 is 0. The van der Waals surface area contributed by atoms with E-state index in [9.17, 15) is 14.7 Å². The van der Waals surface area contributed by atoms with Crippen molar-refractivity contribution in [3.8, 4) is 0 Å². The second-order valence-corrected chi connectivity index (χ2v) is 15.0. The fourth-order valence-electron chi connectivity index (χ4n) is 10.4. The number of aliphatic carboxylic acids is 1. The summed E-state index contributed by atoms with van der Waals surface area (Å²) in [5, 5.41) is 10.1. The quantitative estimate of drug-likeness (QED) is 0.467. The van der Waals surface area contributed by atoms with Crippen LogP contribution in [0.25, 0.3) is 0 Å². The van der Waals surface area contributed by atoms with Crippen LogP contribution in [-0.4, -0.2) is 22.9 Å². The zero-order valence-electron chi connectivity index (χ0n) is 22.6. The minimum Gasteiger partial charge on any atom is -0.481 e. The molecule has 0 amide bonds. The molecule has 0 spiro atoms. The first-order chi connectivity index (χ1) is 15.6. The minimum atomic E-state index is -0.697. The third kappa shape index (κ3) is 2.81. The first-order valence-electron chi connectivity index (χ1n) is 13.8. The van der Waals surface area contributed by atoms with Gasteiger partial charge in [-0.15, -0.1) is 0 Å². The molecule has 0 bridgehead atoms. The number of carboxylic acids is 1. The van der Waals surface area contributed by atoms with E-state index in [2.05, 4.69) is 47.6 Å². The van der Waals surface area contributed by atoms with Gasteiger partial charge in [-0.2, -0.15) is 0 Å². The molecule has 0 aromatic carbocycles. The molecular weight excluding hydrogens is 422 g/mol. The second-order valence-electron chi connectivity index (χ2n) is 15.0. The van der Waals surface area contributed by atoms with Crippen LogP contribution in [0.4, 0.5) is 0 Å². The van der Waals surface area contributed by atoms with Gasteiger partial charge in [0.2, 0.25) is 0 Å². The topological polar surface area (TPSA) is 80.4 Å². The van der Waals surface area contributed by atoms with Crippen molar-refractivity contribution in [2.75, 3.05) is 0 Å². The van der Waals surface area contributed by atoms with Gasteiger partial charge in [-0.3, -0.25) is 9.59 Å². The molecule has 5 aliphatic carbocycles. The van der Waals surface area contributed by atoms with Crippen molar-refractivity contribution in [2.45, 2.75) is 112 Å². The normalized spacial score (nSPS) is 54.1. The van der Waals surface area contributed by atoms with Gasteiger partial charge in [0.25, 0.3) is 0 Å². The molecule has 0 aromatic heterocycles. The zero-order valence-corrected chi connectivity index (χ0v) is 22.6. The Morgan fingerprint density at radius 1 is 0.941 bits per heavy atom. The maximum atomic E-state index is 14.2. The van der Waals surface area contributed by atoms with Crippen LogP contribution in [0.2, 0.25) is 0 Å². The van der Waals surface area contributed by atoms with Crippen molar-refractivity contribution in [3.63, 3.8) is 0 Å². The van der Waals surface area contributed by atoms with Gasteiger partial charge in [-0.05, 0) is 110 Å². The maximum absolute atomic E-state index is 14.2. The molecule has 4 fully saturated rings. The van der Waals surface area contributed by atoms with Crippen molar-refractivity contribution in [3.05, 3.63) is 11.6 Å². The lowest BCUT2D eigenvalue weighted by molar-refractivity contribution is -0.188. The molecule has 1 unspecified atom stereocenters. The number of ketones is 1. The van der Waals surface area contributed by atoms with Crippen LogP contribution in [0.3, 0.4) is 0 Å². The van der Waals surface area contributed by atoms with E-state index >= 15 is 0 Å². The molecule has 9 atom stereocenters. The molecule has 0 saturated heterocycles. The molecule has 3 N–H and O–H groups in total. The fraction of sp³-hybridized carbons (Fsp3) is 0.867. The van der Waals surface area contributed by atoms with Crippen LogP contribution in [-0.2, 0) is 9.59 Å². The largest absolute Gasteiger partial charge is 0.481 e. The third-order valence-corrected chi connectivity index (χ3v) is 13.2. The molecular formula is C30H47NO3. The summed E-state index contributed by atoms with van der Waals surface area (Å²) in [6.45, 7) is 16.2. The van der Waals surface area contributed by atoms with Crippen molar-refractivity contribution in [2.24, 2.45) is 56.0 Å². The highest BCUT2D eigenvalue weighted by atomic mass is 16.4. The van der Waals surface area contributed by atoms with Gasteiger partial charge in [0.15, 0.2) is 5.78 Å².